The lowest BCUT2D eigenvalue weighted by Crippen LogP contribution is -2.43. The number of carbonyl (C=O) groups excluding carboxylic acids is 1. The molecule has 0 amide bonds. The number of halogens is 6. The first kappa shape index (κ1) is 23.0. The van der Waals surface area contributed by atoms with Crippen LogP contribution in [0.5, 0.6) is 5.75 Å². The Morgan fingerprint density at radius 1 is 1.15 bits per heavy atom. The predicted octanol–water partition coefficient (Wildman–Crippen LogP) is 3.81. The summed E-state index contributed by atoms with van der Waals surface area (Å²) in [7, 11) is 0. The van der Waals surface area contributed by atoms with Crippen molar-refractivity contribution in [2.24, 2.45) is 0 Å². The Morgan fingerprint density at radius 3 is 2.45 bits per heavy atom. The first-order valence-corrected chi connectivity index (χ1v) is 10.2. The van der Waals surface area contributed by atoms with E-state index >= 15 is 0 Å². The molecule has 1 N–H and O–H groups in total. The first-order chi connectivity index (χ1) is 15.4. The van der Waals surface area contributed by atoms with Gasteiger partial charge in [0.15, 0.2) is 11.4 Å². The molecule has 0 saturated carbocycles. The standard InChI is InChI=1S/C19H13F6N3O4S/c20-18(21,22)12-8-33-15(27-12)13-14(32-17(30)19(23,24)25)10-2-1-9(7-11(10)31-16(13)29)28-5-3-26-4-6-28/h1-2,7-8,26H,3-6H2. The molecule has 0 spiro atoms. The van der Waals surface area contributed by atoms with Gasteiger partial charge in [0.05, 0.1) is 5.39 Å². The van der Waals surface area contributed by atoms with Crippen LogP contribution in [0.2, 0.25) is 0 Å². The number of hydrogen-bond donors (Lipinski definition) is 1. The fraction of sp³-hybridized carbons (Fsp3) is 0.316. The molecule has 33 heavy (non-hydrogen) atoms. The minimum Gasteiger partial charge on any atom is -0.422 e. The van der Waals surface area contributed by atoms with Gasteiger partial charge in [-0.05, 0) is 12.1 Å². The highest BCUT2D eigenvalue weighted by atomic mass is 32.1. The number of anilines is 1. The quantitative estimate of drug-likeness (QED) is 0.338. The van der Waals surface area contributed by atoms with Crippen LogP contribution in [0.1, 0.15) is 5.69 Å². The fourth-order valence-corrected chi connectivity index (χ4v) is 4.10. The highest BCUT2D eigenvalue weighted by Crippen LogP contribution is 2.40. The van der Waals surface area contributed by atoms with Gasteiger partial charge in [0, 0.05) is 43.3 Å². The van der Waals surface area contributed by atoms with E-state index in [1.807, 2.05) is 4.90 Å². The Morgan fingerprint density at radius 2 is 1.85 bits per heavy atom. The summed E-state index contributed by atoms with van der Waals surface area (Å²) < 4.78 is 87.2. The highest BCUT2D eigenvalue weighted by molar-refractivity contribution is 7.13. The molecule has 0 atom stereocenters. The third-order valence-corrected chi connectivity index (χ3v) is 5.62. The van der Waals surface area contributed by atoms with E-state index in [4.69, 9.17) is 4.42 Å². The number of hydrogen-bond acceptors (Lipinski definition) is 8. The molecular weight excluding hydrogens is 480 g/mol. The van der Waals surface area contributed by atoms with Crippen molar-refractivity contribution in [3.05, 3.63) is 39.7 Å². The zero-order valence-corrected chi connectivity index (χ0v) is 17.2. The maximum Gasteiger partial charge on any atom is 0.491 e. The van der Waals surface area contributed by atoms with Crippen LogP contribution in [-0.2, 0) is 11.0 Å². The molecule has 3 aromatic rings. The molecule has 0 unspecified atom stereocenters. The van der Waals surface area contributed by atoms with Crippen LogP contribution >= 0.6 is 11.3 Å². The number of piperazine rings is 1. The van der Waals surface area contributed by atoms with E-state index in [2.05, 4.69) is 15.0 Å². The van der Waals surface area contributed by atoms with E-state index in [1.165, 1.54) is 18.2 Å². The van der Waals surface area contributed by atoms with E-state index in [-0.39, 0.29) is 11.0 Å². The van der Waals surface area contributed by atoms with Crippen molar-refractivity contribution in [1.82, 2.24) is 10.3 Å². The summed E-state index contributed by atoms with van der Waals surface area (Å²) in [6.45, 7) is 2.59. The lowest BCUT2D eigenvalue weighted by Gasteiger charge is -2.29. The average molecular weight is 493 g/mol. The Balaban J connectivity index is 1.89. The molecule has 0 bridgehead atoms. The molecule has 1 aliphatic heterocycles. The number of esters is 1. The predicted molar refractivity (Wildman–Crippen MR) is 105 cm³/mol. The van der Waals surface area contributed by atoms with E-state index in [1.54, 1.807) is 0 Å². The SMILES string of the molecule is O=C(Oc1c(-c2nc(C(F)(F)F)cs2)c(=O)oc2cc(N3CCNCC3)ccc12)C(F)(F)F. The molecule has 1 saturated heterocycles. The van der Waals surface area contributed by atoms with Crippen molar-refractivity contribution in [2.75, 3.05) is 31.1 Å². The molecule has 2 aromatic heterocycles. The molecule has 1 fully saturated rings. The van der Waals surface area contributed by atoms with Crippen molar-refractivity contribution in [2.45, 2.75) is 12.4 Å². The van der Waals surface area contributed by atoms with Crippen LogP contribution < -0.4 is 20.6 Å². The number of rotatable bonds is 3. The maximum atomic E-state index is 13.0. The molecule has 7 nitrogen and oxygen atoms in total. The summed E-state index contributed by atoms with van der Waals surface area (Å²) in [5, 5.41) is 2.93. The second kappa shape index (κ2) is 8.33. The summed E-state index contributed by atoms with van der Waals surface area (Å²) >= 11 is 0.348. The normalized spacial score (nSPS) is 15.2. The van der Waals surface area contributed by atoms with Crippen molar-refractivity contribution < 1.29 is 40.3 Å². The zero-order valence-electron chi connectivity index (χ0n) is 16.3. The van der Waals surface area contributed by atoms with Gasteiger partial charge in [-0.1, -0.05) is 0 Å². The van der Waals surface area contributed by atoms with Crippen LogP contribution in [0.4, 0.5) is 32.0 Å². The van der Waals surface area contributed by atoms with Gasteiger partial charge in [-0.25, -0.2) is 14.6 Å². The first-order valence-electron chi connectivity index (χ1n) is 9.34. The van der Waals surface area contributed by atoms with Gasteiger partial charge in [0.25, 0.3) is 0 Å². The molecule has 0 aliphatic carbocycles. The maximum absolute atomic E-state index is 13.0. The molecular formula is C19H13F6N3O4S. The average Bonchev–Trinajstić information content (AvgIpc) is 3.23. The third kappa shape index (κ3) is 4.66. The van der Waals surface area contributed by atoms with Gasteiger partial charge in [-0.15, -0.1) is 11.3 Å². The second-order valence-corrected chi connectivity index (χ2v) is 7.79. The lowest BCUT2D eigenvalue weighted by molar-refractivity contribution is -0.189. The minimum absolute atomic E-state index is 0.197. The molecule has 1 aliphatic rings. The van der Waals surface area contributed by atoms with Crippen molar-refractivity contribution in [3.8, 4) is 16.3 Å². The summed E-state index contributed by atoms with van der Waals surface area (Å²) in [5.74, 6) is -3.52. The van der Waals surface area contributed by atoms with Gasteiger partial charge in [-0.3, -0.25) is 0 Å². The topological polar surface area (TPSA) is 84.7 Å². The monoisotopic (exact) mass is 493 g/mol. The highest BCUT2D eigenvalue weighted by Gasteiger charge is 2.43. The van der Waals surface area contributed by atoms with Gasteiger partial charge in [0.2, 0.25) is 0 Å². The Bertz CT molecular complexity index is 1260. The van der Waals surface area contributed by atoms with Crippen LogP contribution in [-0.4, -0.2) is 43.3 Å². The Hall–Kier alpha value is -3.13. The number of aromatic nitrogens is 1. The molecule has 14 heteroatoms. The molecule has 176 valence electrons. The number of ether oxygens (including phenoxy) is 1. The Labute approximate surface area is 184 Å². The number of benzene rings is 1. The van der Waals surface area contributed by atoms with Crippen molar-refractivity contribution in [3.63, 3.8) is 0 Å². The van der Waals surface area contributed by atoms with Gasteiger partial charge in [-0.2, -0.15) is 26.3 Å². The van der Waals surface area contributed by atoms with Gasteiger partial charge < -0.3 is 19.4 Å². The third-order valence-electron chi connectivity index (χ3n) is 4.76. The smallest absolute Gasteiger partial charge is 0.422 e. The number of nitrogens with one attached hydrogen (secondary N) is 1. The summed E-state index contributed by atoms with van der Waals surface area (Å²) in [5.41, 5.74) is -3.06. The number of carbonyl (C=O) groups is 1. The van der Waals surface area contributed by atoms with E-state index in [0.717, 1.165) is 0 Å². The lowest BCUT2D eigenvalue weighted by atomic mass is 10.1. The van der Waals surface area contributed by atoms with Crippen LogP contribution in [0.15, 0.2) is 32.8 Å². The zero-order chi connectivity index (χ0) is 24.0. The minimum atomic E-state index is -5.42. The largest absolute Gasteiger partial charge is 0.491 e. The number of nitrogens with zero attached hydrogens (tertiary/aromatic N) is 2. The van der Waals surface area contributed by atoms with Gasteiger partial charge >= 0.3 is 23.9 Å². The van der Waals surface area contributed by atoms with Crippen LogP contribution in [0.25, 0.3) is 21.5 Å². The van der Waals surface area contributed by atoms with Crippen molar-refractivity contribution in [1.29, 1.82) is 0 Å². The summed E-state index contributed by atoms with van der Waals surface area (Å²) in [4.78, 5) is 29.4. The van der Waals surface area contributed by atoms with Crippen LogP contribution in [0.3, 0.4) is 0 Å². The number of alkyl halides is 6. The van der Waals surface area contributed by atoms with Crippen LogP contribution in [0, 0.1) is 0 Å². The number of fused-ring (bicyclic) bond motifs is 1. The Kier molecular flexibility index (Phi) is 5.82. The molecule has 4 rings (SSSR count). The second-order valence-electron chi connectivity index (χ2n) is 6.93. The van der Waals surface area contributed by atoms with Gasteiger partial charge in [0.1, 0.15) is 16.2 Å². The van der Waals surface area contributed by atoms with Crippen molar-refractivity contribution >= 4 is 34.0 Å². The van der Waals surface area contributed by atoms with E-state index < -0.39 is 46.0 Å². The molecule has 0 radical (unpaired) electrons. The molecule has 3 heterocycles. The number of thiazole rings is 1. The summed E-state index contributed by atoms with van der Waals surface area (Å²) in [6, 6.07) is 4.18. The molecule has 1 aromatic carbocycles. The summed E-state index contributed by atoms with van der Waals surface area (Å²) in [6.07, 6.45) is -10.3. The van der Waals surface area contributed by atoms with E-state index in [9.17, 15) is 35.9 Å². The van der Waals surface area contributed by atoms with E-state index in [0.29, 0.717) is 48.6 Å². The fourth-order valence-electron chi connectivity index (χ4n) is 3.24.